The van der Waals surface area contributed by atoms with Crippen molar-refractivity contribution < 1.29 is 49.3 Å². The smallest absolute Gasteiger partial charge is 0.305 e. The van der Waals surface area contributed by atoms with Gasteiger partial charge in [0.15, 0.2) is 6.29 Å². The van der Waals surface area contributed by atoms with Gasteiger partial charge in [0, 0.05) is 12.8 Å². The Balaban J connectivity index is 1.96. The van der Waals surface area contributed by atoms with E-state index in [9.17, 15) is 35.1 Å². The van der Waals surface area contributed by atoms with Gasteiger partial charge in [-0.2, -0.15) is 0 Å². The zero-order valence-corrected chi connectivity index (χ0v) is 52.4. The standard InChI is InChI=1S/C71H125NO10/c1-3-5-7-9-11-13-15-35-39-43-47-51-55-59-67(76)80-60-56-52-48-44-40-37-34-32-30-28-26-24-22-20-18-16-17-19-21-23-25-27-29-31-33-36-38-42-46-50-54-58-66(75)72-63(62-81-71-70(79)69(78)68(77)65(61-73)82-71)64(74)57-53-49-45-41-14-12-10-8-6-4-2/h6-9,13-15,18,20,24,26,41,53,57,63-65,68-71,73-74,77-79H,3-5,10-12,16-17,19,21-23,25,27-40,42-52,54-56,58-62H2,1-2H3,(H,72,75)/b8-6+,9-7-,15-13-,20-18-,26-24-,41-14+,57-53+. The Hall–Kier alpha value is -3.16. The van der Waals surface area contributed by atoms with E-state index in [1.165, 1.54) is 180 Å². The molecule has 0 aromatic heterocycles. The summed E-state index contributed by atoms with van der Waals surface area (Å²) in [5.41, 5.74) is 0. The van der Waals surface area contributed by atoms with E-state index in [-0.39, 0.29) is 18.5 Å². The van der Waals surface area contributed by atoms with Gasteiger partial charge in [-0.25, -0.2) is 0 Å². The average Bonchev–Trinajstić information content (AvgIpc) is 3.67. The molecule has 7 atom stereocenters. The fraction of sp³-hybridized carbons (Fsp3) is 0.775. The third-order valence-corrected chi connectivity index (χ3v) is 15.4. The zero-order chi connectivity index (χ0) is 59.5. The molecule has 1 aliphatic heterocycles. The summed E-state index contributed by atoms with van der Waals surface area (Å²) in [5, 5.41) is 54.3. The third kappa shape index (κ3) is 48.1. The number of rotatable bonds is 58. The monoisotopic (exact) mass is 1150 g/mol. The van der Waals surface area contributed by atoms with Crippen LogP contribution in [0.5, 0.6) is 0 Å². The molecule has 474 valence electrons. The van der Waals surface area contributed by atoms with Gasteiger partial charge < -0.3 is 45.1 Å². The number of carbonyl (C=O) groups excluding carboxylic acids is 2. The Morgan fingerprint density at radius 1 is 0.463 bits per heavy atom. The number of ether oxygens (including phenoxy) is 3. The van der Waals surface area contributed by atoms with Gasteiger partial charge in [-0.3, -0.25) is 9.59 Å². The lowest BCUT2D eigenvalue weighted by molar-refractivity contribution is -0.302. The van der Waals surface area contributed by atoms with Crippen LogP contribution in [0.3, 0.4) is 0 Å². The minimum atomic E-state index is -1.58. The molecular weight excluding hydrogens is 1030 g/mol. The van der Waals surface area contributed by atoms with Crippen molar-refractivity contribution in [2.75, 3.05) is 19.8 Å². The van der Waals surface area contributed by atoms with E-state index >= 15 is 0 Å². The molecule has 0 aromatic carbocycles. The van der Waals surface area contributed by atoms with Crippen molar-refractivity contribution in [2.45, 2.75) is 333 Å². The quantitative estimate of drug-likeness (QED) is 0.0195. The van der Waals surface area contributed by atoms with E-state index in [1.54, 1.807) is 6.08 Å². The first-order valence-electron chi connectivity index (χ1n) is 33.9. The van der Waals surface area contributed by atoms with Gasteiger partial charge in [-0.1, -0.05) is 253 Å². The van der Waals surface area contributed by atoms with Crippen molar-refractivity contribution >= 4 is 11.9 Å². The number of allylic oxidation sites excluding steroid dienone is 13. The first-order valence-corrected chi connectivity index (χ1v) is 33.9. The van der Waals surface area contributed by atoms with E-state index in [2.05, 4.69) is 92.1 Å². The molecule has 0 aromatic rings. The minimum absolute atomic E-state index is 0.0115. The summed E-state index contributed by atoms with van der Waals surface area (Å²) in [6, 6.07) is -0.835. The summed E-state index contributed by atoms with van der Waals surface area (Å²) in [5.74, 6) is -0.210. The maximum absolute atomic E-state index is 13.0. The molecule has 1 amide bonds. The molecule has 1 rings (SSSR count). The van der Waals surface area contributed by atoms with Crippen molar-refractivity contribution in [3.8, 4) is 0 Å². The van der Waals surface area contributed by atoms with Gasteiger partial charge in [0.25, 0.3) is 0 Å². The predicted molar refractivity (Wildman–Crippen MR) is 342 cm³/mol. The van der Waals surface area contributed by atoms with Gasteiger partial charge in [0.05, 0.1) is 32.0 Å². The lowest BCUT2D eigenvalue weighted by Gasteiger charge is -2.40. The van der Waals surface area contributed by atoms with Gasteiger partial charge >= 0.3 is 5.97 Å². The lowest BCUT2D eigenvalue weighted by Crippen LogP contribution is -2.60. The highest BCUT2D eigenvalue weighted by Gasteiger charge is 2.44. The Bertz CT molecular complexity index is 1640. The molecule has 82 heavy (non-hydrogen) atoms. The number of aliphatic hydroxyl groups is 5. The van der Waals surface area contributed by atoms with Gasteiger partial charge in [-0.15, -0.1) is 0 Å². The van der Waals surface area contributed by atoms with Crippen molar-refractivity contribution in [1.82, 2.24) is 5.32 Å². The molecule has 11 heteroatoms. The van der Waals surface area contributed by atoms with Crippen LogP contribution < -0.4 is 5.32 Å². The minimum Gasteiger partial charge on any atom is -0.466 e. The lowest BCUT2D eigenvalue weighted by atomic mass is 9.99. The largest absolute Gasteiger partial charge is 0.466 e. The molecular formula is C71H125NO10. The number of nitrogens with one attached hydrogen (secondary N) is 1. The van der Waals surface area contributed by atoms with Gasteiger partial charge in [0.1, 0.15) is 24.4 Å². The molecule has 1 aliphatic rings. The second kappa shape index (κ2) is 59.6. The number of hydrogen-bond donors (Lipinski definition) is 6. The second-order valence-corrected chi connectivity index (χ2v) is 23.1. The number of aliphatic hydroxyl groups excluding tert-OH is 5. The topological polar surface area (TPSA) is 175 Å². The highest BCUT2D eigenvalue weighted by atomic mass is 16.7. The summed E-state index contributed by atoms with van der Waals surface area (Å²) < 4.78 is 16.7. The number of esters is 1. The Morgan fingerprint density at radius 2 is 0.866 bits per heavy atom. The zero-order valence-electron chi connectivity index (χ0n) is 52.4. The van der Waals surface area contributed by atoms with Crippen LogP contribution in [0.4, 0.5) is 0 Å². The fourth-order valence-corrected chi connectivity index (χ4v) is 10.1. The molecule has 1 saturated heterocycles. The van der Waals surface area contributed by atoms with Crippen LogP contribution in [0.2, 0.25) is 0 Å². The third-order valence-electron chi connectivity index (χ3n) is 15.4. The molecule has 0 bridgehead atoms. The fourth-order valence-electron chi connectivity index (χ4n) is 10.1. The van der Waals surface area contributed by atoms with Crippen molar-refractivity contribution in [3.63, 3.8) is 0 Å². The van der Waals surface area contributed by atoms with E-state index in [0.717, 1.165) is 83.5 Å². The molecule has 0 aliphatic carbocycles. The van der Waals surface area contributed by atoms with E-state index < -0.39 is 49.5 Å². The number of hydrogen-bond acceptors (Lipinski definition) is 10. The molecule has 6 N–H and O–H groups in total. The number of unbranched alkanes of at least 4 members (excludes halogenated alkanes) is 32. The van der Waals surface area contributed by atoms with E-state index in [4.69, 9.17) is 14.2 Å². The van der Waals surface area contributed by atoms with Crippen LogP contribution in [0.25, 0.3) is 0 Å². The van der Waals surface area contributed by atoms with Crippen molar-refractivity contribution in [3.05, 3.63) is 85.1 Å². The molecule has 11 nitrogen and oxygen atoms in total. The van der Waals surface area contributed by atoms with E-state index in [1.807, 2.05) is 6.08 Å². The van der Waals surface area contributed by atoms with Crippen LogP contribution in [-0.4, -0.2) is 100 Å². The molecule has 1 heterocycles. The number of amides is 1. The van der Waals surface area contributed by atoms with Crippen molar-refractivity contribution in [2.24, 2.45) is 0 Å². The Labute approximate surface area is 502 Å². The van der Waals surface area contributed by atoms with Crippen LogP contribution in [0.1, 0.15) is 290 Å². The molecule has 0 spiro atoms. The first-order chi connectivity index (χ1) is 40.2. The maximum atomic E-state index is 13.0. The summed E-state index contributed by atoms with van der Waals surface area (Å²) in [6.45, 7) is 4.13. The normalized spacial score (nSPS) is 18.7. The Morgan fingerprint density at radius 3 is 1.33 bits per heavy atom. The van der Waals surface area contributed by atoms with Crippen LogP contribution in [0, 0.1) is 0 Å². The SMILES string of the molecule is CC/C=C/CC/C=C/CC/C=C/C(O)C(COC1OC(CO)C(O)C(O)C1O)NC(=O)CCCCCCCCCCCCCCCCC/C=C\C/C=C\CCCCCCCCCCCOC(=O)CCCCCCC/C=C\C/C=C\CCC. The highest BCUT2D eigenvalue weighted by molar-refractivity contribution is 5.76. The molecule has 1 fully saturated rings. The van der Waals surface area contributed by atoms with Gasteiger partial charge in [0.2, 0.25) is 5.91 Å². The summed E-state index contributed by atoms with van der Waals surface area (Å²) in [6.07, 6.45) is 71.6. The second-order valence-electron chi connectivity index (χ2n) is 23.1. The Kier molecular flexibility index (Phi) is 55.8. The average molecular weight is 1150 g/mol. The van der Waals surface area contributed by atoms with Gasteiger partial charge in [-0.05, 0) is 109 Å². The summed E-state index contributed by atoms with van der Waals surface area (Å²) in [4.78, 5) is 25.1. The van der Waals surface area contributed by atoms with Crippen LogP contribution >= 0.6 is 0 Å². The highest BCUT2D eigenvalue weighted by Crippen LogP contribution is 2.23. The predicted octanol–water partition coefficient (Wildman–Crippen LogP) is 16.9. The molecule has 0 radical (unpaired) electrons. The van der Waals surface area contributed by atoms with E-state index in [0.29, 0.717) is 19.4 Å². The van der Waals surface area contributed by atoms with Crippen LogP contribution in [-0.2, 0) is 23.8 Å². The first kappa shape index (κ1) is 76.9. The number of carbonyl (C=O) groups is 2. The molecule has 0 saturated carbocycles. The van der Waals surface area contributed by atoms with Crippen molar-refractivity contribution in [1.29, 1.82) is 0 Å². The van der Waals surface area contributed by atoms with Crippen LogP contribution in [0.15, 0.2) is 85.1 Å². The maximum Gasteiger partial charge on any atom is 0.305 e. The summed E-state index contributed by atoms with van der Waals surface area (Å²) in [7, 11) is 0. The summed E-state index contributed by atoms with van der Waals surface area (Å²) >= 11 is 0. The molecule has 7 unspecified atom stereocenters.